The van der Waals surface area contributed by atoms with Gasteiger partial charge in [0, 0.05) is 30.6 Å². The topological polar surface area (TPSA) is 79.8 Å². The van der Waals surface area contributed by atoms with Gasteiger partial charge in [0.15, 0.2) is 11.6 Å². The molecule has 0 unspecified atom stereocenters. The number of nitrogens with zero attached hydrogens (tertiary/aromatic N) is 2. The Morgan fingerprint density at radius 3 is 2.68 bits per heavy atom. The number of nitrogens with one attached hydrogen (secondary N) is 2. The number of Topliss-reactive ketones (excluding diaryl/α,β-unsaturated/α-hetero) is 1. The number of carbonyl (C=O) groups excluding carboxylic acids is 2. The van der Waals surface area contributed by atoms with Gasteiger partial charge in [-0.3, -0.25) is 14.7 Å². The molecule has 0 atom stereocenters. The molecular weight excluding hydrogens is 244 g/mol. The number of anilines is 1. The van der Waals surface area contributed by atoms with E-state index in [2.05, 4.69) is 15.5 Å². The Hall–Kier alpha value is -2.37. The van der Waals surface area contributed by atoms with Crippen molar-refractivity contribution in [2.45, 2.75) is 20.3 Å². The number of aromatic amines is 1. The highest BCUT2D eigenvalue weighted by Gasteiger charge is 2.14. The summed E-state index contributed by atoms with van der Waals surface area (Å²) in [6, 6.07) is 3.36. The van der Waals surface area contributed by atoms with Crippen LogP contribution < -0.4 is 5.32 Å². The van der Waals surface area contributed by atoms with Gasteiger partial charge in [-0.1, -0.05) is 6.92 Å². The average Bonchev–Trinajstić information content (AvgIpc) is 2.95. The van der Waals surface area contributed by atoms with Crippen molar-refractivity contribution in [3.05, 3.63) is 35.3 Å². The van der Waals surface area contributed by atoms with Crippen LogP contribution in [0.15, 0.2) is 18.3 Å². The van der Waals surface area contributed by atoms with Crippen LogP contribution in [0.2, 0.25) is 0 Å². The lowest BCUT2D eigenvalue weighted by molar-refractivity contribution is 0.101. The van der Waals surface area contributed by atoms with Gasteiger partial charge < -0.3 is 9.88 Å². The number of amides is 1. The smallest absolute Gasteiger partial charge is 0.273 e. The molecule has 0 aliphatic rings. The van der Waals surface area contributed by atoms with E-state index in [0.717, 1.165) is 12.1 Å². The lowest BCUT2D eigenvalue weighted by Crippen LogP contribution is -2.15. The summed E-state index contributed by atoms with van der Waals surface area (Å²) in [5.41, 5.74) is 1.89. The third kappa shape index (κ3) is 2.73. The Labute approximate surface area is 110 Å². The first-order valence-electron chi connectivity index (χ1n) is 6.04. The lowest BCUT2D eigenvalue weighted by atomic mass is 10.2. The molecule has 0 bridgehead atoms. The SMILES string of the molecule is CCc1cc(NC(=O)c2cc(C(C)=O)cn2C)n[nH]1. The Morgan fingerprint density at radius 1 is 1.42 bits per heavy atom. The van der Waals surface area contributed by atoms with Crippen molar-refractivity contribution < 1.29 is 9.59 Å². The van der Waals surface area contributed by atoms with Crippen molar-refractivity contribution in [3.63, 3.8) is 0 Å². The molecular formula is C13H16N4O2. The molecule has 6 heteroatoms. The molecule has 0 spiro atoms. The number of carbonyl (C=O) groups is 2. The minimum absolute atomic E-state index is 0.0670. The lowest BCUT2D eigenvalue weighted by Gasteiger charge is -2.02. The van der Waals surface area contributed by atoms with Crippen molar-refractivity contribution in [1.29, 1.82) is 0 Å². The molecule has 0 saturated heterocycles. The summed E-state index contributed by atoms with van der Waals surface area (Å²) >= 11 is 0. The molecule has 2 rings (SSSR count). The Balaban J connectivity index is 2.17. The second-order valence-corrected chi connectivity index (χ2v) is 4.37. The standard InChI is InChI=1S/C13H16N4O2/c1-4-10-6-12(16-15-10)14-13(19)11-5-9(8(2)18)7-17(11)3/h5-7H,4H2,1-3H3,(H2,14,15,16,19). The minimum atomic E-state index is -0.288. The van der Waals surface area contributed by atoms with Crippen molar-refractivity contribution in [2.24, 2.45) is 7.05 Å². The van der Waals surface area contributed by atoms with E-state index < -0.39 is 0 Å². The van der Waals surface area contributed by atoms with Crippen LogP contribution in [0, 0.1) is 0 Å². The maximum absolute atomic E-state index is 12.1. The van der Waals surface area contributed by atoms with E-state index in [1.54, 1.807) is 29.9 Å². The van der Waals surface area contributed by atoms with Gasteiger partial charge in [0.25, 0.3) is 5.91 Å². The number of aryl methyl sites for hydroxylation is 2. The zero-order chi connectivity index (χ0) is 14.0. The molecule has 0 fully saturated rings. The summed E-state index contributed by atoms with van der Waals surface area (Å²) in [7, 11) is 1.73. The van der Waals surface area contributed by atoms with Crippen LogP contribution in [-0.2, 0) is 13.5 Å². The number of ketones is 1. The van der Waals surface area contributed by atoms with Gasteiger partial charge in [-0.25, -0.2) is 0 Å². The van der Waals surface area contributed by atoms with Crippen LogP contribution in [0.4, 0.5) is 5.82 Å². The fraction of sp³-hybridized carbons (Fsp3) is 0.308. The summed E-state index contributed by atoms with van der Waals surface area (Å²) in [5, 5.41) is 9.51. The summed E-state index contributed by atoms with van der Waals surface area (Å²) in [6.07, 6.45) is 2.46. The largest absolute Gasteiger partial charge is 0.346 e. The first-order chi connectivity index (χ1) is 9.01. The van der Waals surface area contributed by atoms with E-state index in [4.69, 9.17) is 0 Å². The normalized spacial score (nSPS) is 10.5. The zero-order valence-corrected chi connectivity index (χ0v) is 11.2. The minimum Gasteiger partial charge on any atom is -0.346 e. The molecule has 1 amide bonds. The van der Waals surface area contributed by atoms with E-state index >= 15 is 0 Å². The van der Waals surface area contributed by atoms with Crippen LogP contribution in [-0.4, -0.2) is 26.5 Å². The Kier molecular flexibility index (Phi) is 3.50. The molecule has 0 radical (unpaired) electrons. The molecule has 0 saturated carbocycles. The molecule has 2 aromatic rings. The number of hydrogen-bond donors (Lipinski definition) is 2. The van der Waals surface area contributed by atoms with E-state index in [1.165, 1.54) is 6.92 Å². The monoisotopic (exact) mass is 260 g/mol. The highest BCUT2D eigenvalue weighted by molar-refractivity contribution is 6.05. The maximum atomic E-state index is 12.1. The summed E-state index contributed by atoms with van der Waals surface area (Å²) < 4.78 is 1.62. The number of H-pyrrole nitrogens is 1. The van der Waals surface area contributed by atoms with Crippen molar-refractivity contribution >= 4 is 17.5 Å². The summed E-state index contributed by atoms with van der Waals surface area (Å²) in [5.74, 6) is 0.124. The molecule has 0 aromatic carbocycles. The van der Waals surface area contributed by atoms with Gasteiger partial charge in [-0.2, -0.15) is 5.10 Å². The molecule has 0 aliphatic carbocycles. The van der Waals surface area contributed by atoms with Crippen LogP contribution in [0.25, 0.3) is 0 Å². The van der Waals surface area contributed by atoms with Crippen LogP contribution in [0.3, 0.4) is 0 Å². The number of hydrogen-bond acceptors (Lipinski definition) is 3. The van der Waals surface area contributed by atoms with Gasteiger partial charge in [0.2, 0.25) is 0 Å². The van der Waals surface area contributed by atoms with E-state index in [9.17, 15) is 9.59 Å². The van der Waals surface area contributed by atoms with Gasteiger partial charge in [-0.15, -0.1) is 0 Å². The van der Waals surface area contributed by atoms with Crippen molar-refractivity contribution in [1.82, 2.24) is 14.8 Å². The predicted octanol–water partition coefficient (Wildman–Crippen LogP) is 1.77. The van der Waals surface area contributed by atoms with Crippen LogP contribution >= 0.6 is 0 Å². The average molecular weight is 260 g/mol. The maximum Gasteiger partial charge on any atom is 0.273 e. The molecule has 100 valence electrons. The second-order valence-electron chi connectivity index (χ2n) is 4.37. The van der Waals surface area contributed by atoms with Gasteiger partial charge >= 0.3 is 0 Å². The van der Waals surface area contributed by atoms with E-state index in [1.807, 2.05) is 6.92 Å². The van der Waals surface area contributed by atoms with Gasteiger partial charge in [0.1, 0.15) is 5.69 Å². The first-order valence-corrected chi connectivity index (χ1v) is 6.04. The fourth-order valence-corrected chi connectivity index (χ4v) is 1.77. The quantitative estimate of drug-likeness (QED) is 0.822. The third-order valence-corrected chi connectivity index (χ3v) is 2.90. The van der Waals surface area contributed by atoms with Gasteiger partial charge in [0.05, 0.1) is 0 Å². The molecule has 2 N–H and O–H groups in total. The first kappa shape index (κ1) is 13.1. The van der Waals surface area contributed by atoms with E-state index in [-0.39, 0.29) is 11.7 Å². The third-order valence-electron chi connectivity index (χ3n) is 2.90. The van der Waals surface area contributed by atoms with E-state index in [0.29, 0.717) is 17.1 Å². The Morgan fingerprint density at radius 2 is 2.16 bits per heavy atom. The molecule has 2 heterocycles. The molecule has 0 aliphatic heterocycles. The molecule has 19 heavy (non-hydrogen) atoms. The number of rotatable bonds is 4. The van der Waals surface area contributed by atoms with Crippen molar-refractivity contribution in [3.8, 4) is 0 Å². The second kappa shape index (κ2) is 5.09. The highest BCUT2D eigenvalue weighted by atomic mass is 16.2. The predicted molar refractivity (Wildman–Crippen MR) is 71.3 cm³/mol. The number of aromatic nitrogens is 3. The Bertz CT molecular complexity index is 624. The van der Waals surface area contributed by atoms with Crippen LogP contribution in [0.1, 0.15) is 40.4 Å². The molecule has 6 nitrogen and oxygen atoms in total. The summed E-state index contributed by atoms with van der Waals surface area (Å²) in [4.78, 5) is 23.3. The molecule has 2 aromatic heterocycles. The highest BCUT2D eigenvalue weighted by Crippen LogP contribution is 2.12. The fourth-order valence-electron chi connectivity index (χ4n) is 1.77. The zero-order valence-electron chi connectivity index (χ0n) is 11.2. The van der Waals surface area contributed by atoms with Crippen molar-refractivity contribution in [2.75, 3.05) is 5.32 Å². The van der Waals surface area contributed by atoms with Gasteiger partial charge in [-0.05, 0) is 19.4 Å². The van der Waals surface area contributed by atoms with Crippen LogP contribution in [0.5, 0.6) is 0 Å². The summed E-state index contributed by atoms with van der Waals surface area (Å²) in [6.45, 7) is 3.47.